The highest BCUT2D eigenvalue weighted by Crippen LogP contribution is 2.50. The lowest BCUT2D eigenvalue weighted by Gasteiger charge is -2.61. The standard InChI is InChI=1S/C36H35ClF2N6O5/c1-18-25(40-32(47)22-13-42(3)35(49)43(4)34(22)48)10-9-23(38)28(18)30-24(39)8-7-21(31(30)37)26-12-20-6-11-27(29(20)33(41-26)50-5)45-16-36(17-45)14-44(15-36)19(2)46/h7-10,12-13,27H,6,11,14-17H2,1-5H3,(H,40,47). The van der Waals surface area contributed by atoms with E-state index in [0.717, 1.165) is 71.5 Å². The molecule has 50 heavy (non-hydrogen) atoms. The molecule has 1 aliphatic carbocycles. The Balaban J connectivity index is 1.21. The average Bonchev–Trinajstić information content (AvgIpc) is 3.46. The largest absolute Gasteiger partial charge is 0.481 e. The van der Waals surface area contributed by atoms with Gasteiger partial charge < -0.3 is 19.5 Å². The lowest BCUT2D eigenvalue weighted by atomic mass is 9.72. The molecule has 2 aromatic carbocycles. The summed E-state index contributed by atoms with van der Waals surface area (Å²) in [5, 5.41) is 2.53. The van der Waals surface area contributed by atoms with E-state index in [2.05, 4.69) is 10.2 Å². The van der Waals surface area contributed by atoms with Crippen molar-refractivity contribution >= 4 is 29.1 Å². The van der Waals surface area contributed by atoms with Gasteiger partial charge in [0.05, 0.1) is 17.8 Å². The molecule has 4 aromatic rings. The van der Waals surface area contributed by atoms with Crippen LogP contribution < -0.4 is 21.3 Å². The fourth-order valence-corrected chi connectivity index (χ4v) is 8.06. The highest BCUT2D eigenvalue weighted by atomic mass is 35.5. The van der Waals surface area contributed by atoms with Crippen molar-refractivity contribution in [1.29, 1.82) is 0 Å². The first-order valence-corrected chi connectivity index (χ1v) is 16.5. The summed E-state index contributed by atoms with van der Waals surface area (Å²) in [7, 11) is 4.21. The maximum atomic E-state index is 15.7. The van der Waals surface area contributed by atoms with Crippen LogP contribution in [0.25, 0.3) is 22.4 Å². The molecule has 2 aromatic heterocycles. The summed E-state index contributed by atoms with van der Waals surface area (Å²) in [6, 6.07) is 7.12. The van der Waals surface area contributed by atoms with Gasteiger partial charge in [0.1, 0.15) is 17.2 Å². The molecule has 0 saturated carbocycles. The van der Waals surface area contributed by atoms with Gasteiger partial charge in [0, 0.05) is 92.8 Å². The van der Waals surface area contributed by atoms with Crippen LogP contribution in [0.2, 0.25) is 5.02 Å². The third-order valence-corrected chi connectivity index (χ3v) is 10.7. The van der Waals surface area contributed by atoms with Crippen molar-refractivity contribution in [1.82, 2.24) is 23.9 Å². The molecular weight excluding hydrogens is 670 g/mol. The molecule has 2 fully saturated rings. The number of carbonyl (C=O) groups is 2. The van der Waals surface area contributed by atoms with E-state index in [0.29, 0.717) is 17.1 Å². The Kier molecular flexibility index (Phi) is 8.18. The fraction of sp³-hybridized carbons (Fsp3) is 0.361. The number of fused-ring (bicyclic) bond motifs is 1. The Morgan fingerprint density at radius 2 is 1.72 bits per heavy atom. The third kappa shape index (κ3) is 5.30. The predicted molar refractivity (Wildman–Crippen MR) is 184 cm³/mol. The second-order valence-electron chi connectivity index (χ2n) is 13.6. The number of likely N-dealkylation sites (tertiary alicyclic amines) is 2. The van der Waals surface area contributed by atoms with Gasteiger partial charge in [-0.2, -0.15) is 0 Å². The van der Waals surface area contributed by atoms with E-state index in [4.69, 9.17) is 21.3 Å². The lowest BCUT2D eigenvalue weighted by Crippen LogP contribution is -2.72. The Bertz CT molecular complexity index is 2240. The van der Waals surface area contributed by atoms with Crippen LogP contribution in [0.4, 0.5) is 14.5 Å². The van der Waals surface area contributed by atoms with Crippen LogP contribution >= 0.6 is 11.6 Å². The van der Waals surface area contributed by atoms with E-state index in [-0.39, 0.29) is 50.3 Å². The Morgan fingerprint density at radius 1 is 1.04 bits per heavy atom. The van der Waals surface area contributed by atoms with Crippen molar-refractivity contribution in [3.63, 3.8) is 0 Å². The molecular formula is C36H35ClF2N6O5. The smallest absolute Gasteiger partial charge is 0.330 e. The van der Waals surface area contributed by atoms with Gasteiger partial charge in [-0.25, -0.2) is 18.6 Å². The quantitative estimate of drug-likeness (QED) is 0.315. The zero-order valence-electron chi connectivity index (χ0n) is 28.2. The molecule has 260 valence electrons. The number of amides is 2. The summed E-state index contributed by atoms with van der Waals surface area (Å²) in [4.78, 5) is 58.7. The van der Waals surface area contributed by atoms with Crippen LogP contribution in [0.1, 0.15) is 46.4 Å². The minimum absolute atomic E-state index is 0.0730. The van der Waals surface area contributed by atoms with Gasteiger partial charge in [0.2, 0.25) is 11.8 Å². The summed E-state index contributed by atoms with van der Waals surface area (Å²) >= 11 is 6.91. The summed E-state index contributed by atoms with van der Waals surface area (Å²) in [5.74, 6) is -1.84. The zero-order chi connectivity index (χ0) is 35.8. The number of hydrogen-bond donors (Lipinski definition) is 1. The van der Waals surface area contributed by atoms with E-state index < -0.39 is 28.8 Å². The number of benzene rings is 2. The monoisotopic (exact) mass is 704 g/mol. The number of rotatable bonds is 6. The van der Waals surface area contributed by atoms with Crippen LogP contribution in [0.5, 0.6) is 5.88 Å². The number of aryl methyl sites for hydroxylation is 2. The Hall–Kier alpha value is -4.88. The van der Waals surface area contributed by atoms with Gasteiger partial charge in [-0.15, -0.1) is 0 Å². The predicted octanol–water partition coefficient (Wildman–Crippen LogP) is 4.47. The van der Waals surface area contributed by atoms with Crippen molar-refractivity contribution in [2.75, 3.05) is 38.6 Å². The number of ether oxygens (including phenoxy) is 1. The number of nitrogens with one attached hydrogen (secondary N) is 1. The normalized spacial score (nSPS) is 17.7. The molecule has 2 amide bonds. The van der Waals surface area contributed by atoms with E-state index in [1.54, 1.807) is 14.0 Å². The van der Waals surface area contributed by atoms with Gasteiger partial charge in [0.25, 0.3) is 11.5 Å². The van der Waals surface area contributed by atoms with Crippen LogP contribution in [0.3, 0.4) is 0 Å². The first kappa shape index (κ1) is 33.6. The highest BCUT2D eigenvalue weighted by molar-refractivity contribution is 6.36. The molecule has 2 aliphatic heterocycles. The van der Waals surface area contributed by atoms with E-state index in [1.807, 2.05) is 11.0 Å². The Morgan fingerprint density at radius 3 is 2.40 bits per heavy atom. The molecule has 0 bridgehead atoms. The number of methoxy groups -OCH3 is 1. The molecule has 1 spiro atoms. The minimum atomic E-state index is -0.825. The topological polar surface area (TPSA) is 119 Å². The molecule has 11 nitrogen and oxygen atoms in total. The first-order valence-electron chi connectivity index (χ1n) is 16.2. The summed E-state index contributed by atoms with van der Waals surface area (Å²) in [6.07, 6.45) is 2.77. The summed E-state index contributed by atoms with van der Waals surface area (Å²) in [6.45, 7) is 6.45. The van der Waals surface area contributed by atoms with Gasteiger partial charge >= 0.3 is 5.69 Å². The van der Waals surface area contributed by atoms with Gasteiger partial charge in [-0.05, 0) is 61.2 Å². The van der Waals surface area contributed by atoms with Crippen molar-refractivity contribution in [3.05, 3.63) is 96.3 Å². The van der Waals surface area contributed by atoms with Gasteiger partial charge in [-0.1, -0.05) is 11.6 Å². The Labute approximate surface area is 291 Å². The number of anilines is 1. The second-order valence-corrected chi connectivity index (χ2v) is 13.9. The molecule has 2 saturated heterocycles. The van der Waals surface area contributed by atoms with Crippen molar-refractivity contribution < 1.29 is 23.1 Å². The summed E-state index contributed by atoms with van der Waals surface area (Å²) in [5.41, 5.74) is 1.21. The molecule has 1 unspecified atom stereocenters. The average molecular weight is 705 g/mol. The fourth-order valence-electron chi connectivity index (χ4n) is 7.72. The molecule has 1 N–H and O–H groups in total. The maximum absolute atomic E-state index is 15.7. The second kappa shape index (κ2) is 12.2. The van der Waals surface area contributed by atoms with E-state index >= 15 is 8.78 Å². The van der Waals surface area contributed by atoms with E-state index in [9.17, 15) is 19.2 Å². The minimum Gasteiger partial charge on any atom is -0.481 e. The molecule has 7 rings (SSSR count). The van der Waals surface area contributed by atoms with Crippen molar-refractivity contribution in [3.8, 4) is 28.3 Å². The summed E-state index contributed by atoms with van der Waals surface area (Å²) < 4.78 is 39.0. The number of carbonyl (C=O) groups excluding carboxylic acids is 2. The molecule has 3 aliphatic rings. The number of hydrogen-bond acceptors (Lipinski definition) is 7. The van der Waals surface area contributed by atoms with Crippen LogP contribution in [0, 0.1) is 24.0 Å². The van der Waals surface area contributed by atoms with E-state index in [1.165, 1.54) is 39.2 Å². The molecule has 14 heteroatoms. The molecule has 4 heterocycles. The third-order valence-electron chi connectivity index (χ3n) is 10.3. The maximum Gasteiger partial charge on any atom is 0.330 e. The van der Waals surface area contributed by atoms with Crippen LogP contribution in [-0.2, 0) is 25.3 Å². The van der Waals surface area contributed by atoms with Gasteiger partial charge in [0.15, 0.2) is 0 Å². The van der Waals surface area contributed by atoms with Crippen LogP contribution in [0.15, 0.2) is 46.1 Å². The lowest BCUT2D eigenvalue weighted by molar-refractivity contribution is -0.161. The number of pyridine rings is 1. The number of aromatic nitrogens is 3. The van der Waals surface area contributed by atoms with Crippen molar-refractivity contribution in [2.24, 2.45) is 19.5 Å². The highest BCUT2D eigenvalue weighted by Gasteiger charge is 2.55. The number of halogens is 3. The molecule has 0 radical (unpaired) electrons. The zero-order valence-corrected chi connectivity index (χ0v) is 29.0. The van der Waals surface area contributed by atoms with Gasteiger partial charge in [-0.3, -0.25) is 23.9 Å². The van der Waals surface area contributed by atoms with Crippen molar-refractivity contribution in [2.45, 2.75) is 32.7 Å². The van der Waals surface area contributed by atoms with Crippen LogP contribution in [-0.4, -0.2) is 69.0 Å². The SMILES string of the molecule is COc1nc(-c2ccc(F)c(-c3c(F)ccc(NC(=O)c4cn(C)c(=O)n(C)c4=O)c3C)c2Cl)cc2c1C(N1CC3(CN(C(C)=O)C3)C1)CC2. The number of nitrogens with zero attached hydrogens (tertiary/aromatic N) is 5. The molecule has 1 atom stereocenters. The first-order chi connectivity index (χ1) is 23.7.